The molecule has 2 atom stereocenters. The van der Waals surface area contributed by atoms with Crippen molar-refractivity contribution in [3.05, 3.63) is 65.4 Å². The lowest BCUT2D eigenvalue weighted by Crippen LogP contribution is -2.30. The fourth-order valence-corrected chi connectivity index (χ4v) is 4.14. The lowest BCUT2D eigenvalue weighted by atomic mass is 9.95. The average molecular weight is 439 g/mol. The average Bonchev–Trinajstić information content (AvgIpc) is 3.33. The summed E-state index contributed by atoms with van der Waals surface area (Å²) in [4.78, 5) is 15.1. The highest BCUT2D eigenvalue weighted by atomic mass is 35.5. The minimum absolute atomic E-state index is 0.0256. The maximum Gasteiger partial charge on any atom is 0.273 e. The molecule has 3 aromatic rings. The molecule has 4 rings (SSSR count). The van der Waals surface area contributed by atoms with Gasteiger partial charge in [0.15, 0.2) is 0 Å². The van der Waals surface area contributed by atoms with Crippen molar-refractivity contribution in [2.75, 3.05) is 17.7 Å². The maximum absolute atomic E-state index is 13.2. The highest BCUT2D eigenvalue weighted by Gasteiger charge is 2.42. The van der Waals surface area contributed by atoms with Crippen LogP contribution in [0.15, 0.2) is 48.5 Å². The van der Waals surface area contributed by atoms with Crippen molar-refractivity contribution in [1.29, 1.82) is 0 Å². The number of phenols is 1. The molecular weight excluding hydrogens is 412 g/mol. The van der Waals surface area contributed by atoms with Gasteiger partial charge in [-0.05, 0) is 31.0 Å². The Morgan fingerprint density at radius 1 is 1.26 bits per heavy atom. The number of unbranched alkanes of at least 4 members (excludes halogenated alkanes) is 1. The summed E-state index contributed by atoms with van der Waals surface area (Å²) in [5.41, 5.74) is 4.58. The smallest absolute Gasteiger partial charge is 0.273 e. The number of aromatic amines is 1. The number of carbonyl (C=O) groups excluding carboxylic acids is 1. The van der Waals surface area contributed by atoms with Crippen molar-refractivity contribution in [2.24, 2.45) is 0 Å². The Hall–Kier alpha value is -2.99. The Morgan fingerprint density at radius 3 is 2.71 bits per heavy atom. The molecule has 2 unspecified atom stereocenters. The van der Waals surface area contributed by atoms with E-state index in [0.717, 1.165) is 35.2 Å². The third-order valence-electron chi connectivity index (χ3n) is 5.63. The molecule has 0 fully saturated rings. The molecule has 7 heteroatoms. The van der Waals surface area contributed by atoms with Crippen LogP contribution in [0.2, 0.25) is 0 Å². The number of benzene rings is 2. The SMILES string of the molecule is CCCCN1C(=O)c2[nH]nc(-c3ccccc3)c2C1c1ccc(NC(C)CCl)c(O)c1. The molecule has 1 aromatic heterocycles. The molecule has 1 amide bonds. The van der Waals surface area contributed by atoms with Crippen LogP contribution >= 0.6 is 11.6 Å². The Kier molecular flexibility index (Phi) is 6.18. The number of amides is 1. The number of anilines is 1. The Labute approximate surface area is 187 Å². The summed E-state index contributed by atoms with van der Waals surface area (Å²) in [7, 11) is 0. The van der Waals surface area contributed by atoms with Crippen LogP contribution in [-0.2, 0) is 0 Å². The van der Waals surface area contributed by atoms with Crippen molar-refractivity contribution in [3.63, 3.8) is 0 Å². The Morgan fingerprint density at radius 2 is 2.03 bits per heavy atom. The van der Waals surface area contributed by atoms with Crippen LogP contribution in [0.5, 0.6) is 5.75 Å². The first-order valence-electron chi connectivity index (χ1n) is 10.6. The molecule has 0 bridgehead atoms. The number of phenolic OH excluding ortho intramolecular Hbond substituents is 1. The fourth-order valence-electron chi connectivity index (χ4n) is 4.06. The van der Waals surface area contributed by atoms with E-state index in [-0.39, 0.29) is 23.7 Å². The van der Waals surface area contributed by atoms with Crippen LogP contribution < -0.4 is 5.32 Å². The molecule has 1 aliphatic heterocycles. The van der Waals surface area contributed by atoms with Crippen molar-refractivity contribution in [3.8, 4) is 17.0 Å². The number of rotatable bonds is 8. The number of aromatic hydroxyl groups is 1. The number of carbonyl (C=O) groups is 1. The quantitative estimate of drug-likeness (QED) is 0.335. The van der Waals surface area contributed by atoms with E-state index in [1.165, 1.54) is 0 Å². The number of H-pyrrole nitrogens is 1. The second-order valence-corrected chi connectivity index (χ2v) is 8.27. The first-order chi connectivity index (χ1) is 15.0. The Bertz CT molecular complexity index is 1070. The molecular formula is C24H27ClN4O2. The minimum atomic E-state index is -0.312. The molecule has 0 saturated carbocycles. The van der Waals surface area contributed by atoms with Gasteiger partial charge in [0.25, 0.3) is 5.91 Å². The summed E-state index contributed by atoms with van der Waals surface area (Å²) < 4.78 is 0. The predicted molar refractivity (Wildman–Crippen MR) is 124 cm³/mol. The van der Waals surface area contributed by atoms with E-state index in [1.54, 1.807) is 6.07 Å². The molecule has 6 nitrogen and oxygen atoms in total. The molecule has 0 aliphatic carbocycles. The van der Waals surface area contributed by atoms with Crippen molar-refractivity contribution < 1.29 is 9.90 Å². The monoisotopic (exact) mass is 438 g/mol. The molecule has 2 aromatic carbocycles. The van der Waals surface area contributed by atoms with Gasteiger partial charge in [0.2, 0.25) is 0 Å². The lowest BCUT2D eigenvalue weighted by molar-refractivity contribution is 0.0741. The van der Waals surface area contributed by atoms with Gasteiger partial charge in [0.1, 0.15) is 11.4 Å². The third kappa shape index (κ3) is 4.00. The second kappa shape index (κ2) is 9.02. The van der Waals surface area contributed by atoms with Gasteiger partial charge < -0.3 is 15.3 Å². The van der Waals surface area contributed by atoms with E-state index in [2.05, 4.69) is 22.4 Å². The zero-order chi connectivity index (χ0) is 22.0. The van der Waals surface area contributed by atoms with Crippen molar-refractivity contribution in [2.45, 2.75) is 38.8 Å². The van der Waals surface area contributed by atoms with E-state index in [0.29, 0.717) is 23.8 Å². The van der Waals surface area contributed by atoms with Gasteiger partial charge >= 0.3 is 0 Å². The first kappa shape index (κ1) is 21.2. The number of nitrogens with zero attached hydrogens (tertiary/aromatic N) is 2. The van der Waals surface area contributed by atoms with Gasteiger partial charge in [0, 0.05) is 29.6 Å². The summed E-state index contributed by atoms with van der Waals surface area (Å²) >= 11 is 5.89. The van der Waals surface area contributed by atoms with Crippen LogP contribution in [0.3, 0.4) is 0 Å². The van der Waals surface area contributed by atoms with Gasteiger partial charge in [-0.3, -0.25) is 9.89 Å². The van der Waals surface area contributed by atoms with Crippen molar-refractivity contribution >= 4 is 23.2 Å². The normalized spacial score (nSPS) is 16.4. The summed E-state index contributed by atoms with van der Waals surface area (Å²) in [6.07, 6.45) is 1.89. The number of halogens is 1. The molecule has 1 aliphatic rings. The standard InChI is InChI=1S/C24H27ClN4O2/c1-3-4-12-29-23(17-10-11-18(19(30)13-17)26-15(2)14-25)20-21(16-8-6-5-7-9-16)27-28-22(20)24(29)31/h5-11,13,15,23,26,30H,3-4,12,14H2,1-2H3,(H,27,28). The number of fused-ring (bicyclic) bond motifs is 1. The summed E-state index contributed by atoms with van der Waals surface area (Å²) in [5.74, 6) is 0.512. The molecule has 3 N–H and O–H groups in total. The number of alkyl halides is 1. The number of hydrogen-bond donors (Lipinski definition) is 3. The topological polar surface area (TPSA) is 81.2 Å². The zero-order valence-corrected chi connectivity index (χ0v) is 18.5. The van der Waals surface area contributed by atoms with Gasteiger partial charge in [-0.1, -0.05) is 49.7 Å². The highest BCUT2D eigenvalue weighted by Crippen LogP contribution is 2.44. The van der Waals surface area contributed by atoms with Gasteiger partial charge in [-0.2, -0.15) is 5.10 Å². The summed E-state index contributed by atoms with van der Waals surface area (Å²) in [5, 5.41) is 21.3. The molecule has 2 heterocycles. The van der Waals surface area contributed by atoms with E-state index >= 15 is 0 Å². The minimum Gasteiger partial charge on any atom is -0.506 e. The molecule has 162 valence electrons. The maximum atomic E-state index is 13.2. The molecule has 0 spiro atoms. The second-order valence-electron chi connectivity index (χ2n) is 7.96. The number of nitrogens with one attached hydrogen (secondary N) is 2. The van der Waals surface area contributed by atoms with Gasteiger partial charge in [0.05, 0.1) is 17.4 Å². The van der Waals surface area contributed by atoms with Gasteiger partial charge in [-0.15, -0.1) is 11.6 Å². The highest BCUT2D eigenvalue weighted by molar-refractivity contribution is 6.18. The zero-order valence-electron chi connectivity index (χ0n) is 17.7. The van der Waals surface area contributed by atoms with Crippen molar-refractivity contribution in [1.82, 2.24) is 15.1 Å². The first-order valence-corrected chi connectivity index (χ1v) is 11.2. The lowest BCUT2D eigenvalue weighted by Gasteiger charge is -2.27. The van der Waals surface area contributed by atoms with E-state index in [1.807, 2.05) is 54.3 Å². The van der Waals surface area contributed by atoms with Crippen LogP contribution in [0.4, 0.5) is 5.69 Å². The number of aromatic nitrogens is 2. The van der Waals surface area contributed by atoms with Crippen LogP contribution in [0.25, 0.3) is 11.3 Å². The largest absolute Gasteiger partial charge is 0.506 e. The van der Waals surface area contributed by atoms with E-state index in [9.17, 15) is 9.90 Å². The van der Waals surface area contributed by atoms with Crippen LogP contribution in [-0.4, -0.2) is 44.6 Å². The van der Waals surface area contributed by atoms with Crippen LogP contribution in [0, 0.1) is 0 Å². The molecule has 0 radical (unpaired) electrons. The molecule has 31 heavy (non-hydrogen) atoms. The Balaban J connectivity index is 1.79. The summed E-state index contributed by atoms with van der Waals surface area (Å²) in [6.45, 7) is 4.70. The van der Waals surface area contributed by atoms with E-state index in [4.69, 9.17) is 11.6 Å². The fraction of sp³-hybridized carbons (Fsp3) is 0.333. The van der Waals surface area contributed by atoms with Crippen LogP contribution in [0.1, 0.15) is 54.3 Å². The number of hydrogen-bond acceptors (Lipinski definition) is 4. The molecule has 0 saturated heterocycles. The third-order valence-corrected chi connectivity index (χ3v) is 6.10. The summed E-state index contributed by atoms with van der Waals surface area (Å²) in [6, 6.07) is 15.1. The van der Waals surface area contributed by atoms with Gasteiger partial charge in [-0.25, -0.2) is 0 Å². The van der Waals surface area contributed by atoms with E-state index < -0.39 is 0 Å². The predicted octanol–water partition coefficient (Wildman–Crippen LogP) is 5.17.